The summed E-state index contributed by atoms with van der Waals surface area (Å²) < 4.78 is 10.8. The molecule has 1 saturated heterocycles. The molecule has 1 aromatic rings. The Bertz CT molecular complexity index is 532. The molecule has 8 heteroatoms. The van der Waals surface area contributed by atoms with E-state index in [1.54, 1.807) is 25.3 Å². The van der Waals surface area contributed by atoms with Crippen LogP contribution in [0.1, 0.15) is 12.8 Å². The molecule has 2 N–H and O–H groups in total. The van der Waals surface area contributed by atoms with Crippen molar-refractivity contribution in [3.8, 4) is 5.75 Å². The average Bonchev–Trinajstić information content (AvgIpc) is 2.55. The highest BCUT2D eigenvalue weighted by atomic mass is 35.5. The van der Waals surface area contributed by atoms with Crippen molar-refractivity contribution in [3.63, 3.8) is 0 Å². The average molecular weight is 398 g/mol. The highest BCUT2D eigenvalue weighted by Crippen LogP contribution is 2.29. The Hall–Kier alpha value is -0.720. The number of methoxy groups -OCH3 is 1. The minimum atomic E-state index is -0.185. The third-order valence-electron chi connectivity index (χ3n) is 4.03. The monoisotopic (exact) mass is 396 g/mol. The Kier molecular flexibility index (Phi) is 9.16. The molecule has 1 amide bonds. The second kappa shape index (κ2) is 10.3. The molecule has 1 heterocycles. The van der Waals surface area contributed by atoms with Crippen LogP contribution in [0.2, 0.25) is 10.0 Å². The van der Waals surface area contributed by atoms with Gasteiger partial charge in [-0.05, 0) is 38.1 Å². The Morgan fingerprint density at radius 2 is 2.04 bits per heavy atom. The van der Waals surface area contributed by atoms with Crippen LogP contribution in [0.3, 0.4) is 0 Å². The molecule has 0 aromatic heterocycles. The van der Waals surface area contributed by atoms with Crippen LogP contribution < -0.4 is 15.4 Å². The highest BCUT2D eigenvalue weighted by molar-refractivity contribution is 6.34. The smallest absolute Gasteiger partial charge is 0.257 e. The van der Waals surface area contributed by atoms with Crippen molar-refractivity contribution in [2.75, 3.05) is 40.0 Å². The van der Waals surface area contributed by atoms with E-state index in [4.69, 9.17) is 32.7 Å². The van der Waals surface area contributed by atoms with Crippen molar-refractivity contribution < 1.29 is 14.3 Å². The number of carbonyl (C=O) groups excluding carboxylic acids is 1. The van der Waals surface area contributed by atoms with Gasteiger partial charge in [-0.15, -0.1) is 12.4 Å². The number of ether oxygens (including phenoxy) is 2. The Labute approximate surface area is 158 Å². The van der Waals surface area contributed by atoms with Gasteiger partial charge in [-0.2, -0.15) is 0 Å². The Balaban J connectivity index is 0.00000288. The molecule has 24 heavy (non-hydrogen) atoms. The van der Waals surface area contributed by atoms with Gasteiger partial charge in [0.1, 0.15) is 5.75 Å². The molecular formula is C16H23Cl3N2O3. The summed E-state index contributed by atoms with van der Waals surface area (Å²) in [6.45, 7) is 2.99. The van der Waals surface area contributed by atoms with Gasteiger partial charge in [0.15, 0.2) is 6.61 Å². The number of carbonyl (C=O) groups is 1. The number of hydrogen-bond donors (Lipinski definition) is 2. The van der Waals surface area contributed by atoms with E-state index >= 15 is 0 Å². The zero-order valence-corrected chi connectivity index (χ0v) is 15.9. The maximum atomic E-state index is 12.0. The summed E-state index contributed by atoms with van der Waals surface area (Å²) in [6.07, 6.45) is 1.95. The van der Waals surface area contributed by atoms with E-state index in [1.807, 2.05) is 0 Å². The molecule has 0 radical (unpaired) electrons. The molecule has 1 fully saturated rings. The molecule has 1 aliphatic heterocycles. The van der Waals surface area contributed by atoms with E-state index in [1.165, 1.54) is 0 Å². The quantitative estimate of drug-likeness (QED) is 0.743. The van der Waals surface area contributed by atoms with Gasteiger partial charge in [0.2, 0.25) is 0 Å². The van der Waals surface area contributed by atoms with Gasteiger partial charge in [-0.1, -0.05) is 23.2 Å². The minimum Gasteiger partial charge on any atom is -0.482 e. The summed E-state index contributed by atoms with van der Waals surface area (Å²) in [6, 6.07) is 4.90. The third-order valence-corrected chi connectivity index (χ3v) is 4.57. The molecule has 0 aliphatic carbocycles. The molecule has 2 rings (SSSR count). The maximum Gasteiger partial charge on any atom is 0.257 e. The SMILES string of the molecule is COCC1(CNC(=O)COc2cc(Cl)ccc2Cl)CCNCC1.Cl. The van der Waals surface area contributed by atoms with E-state index < -0.39 is 0 Å². The standard InChI is InChI=1S/C16H22Cl2N2O3.ClH/c1-22-11-16(4-6-19-7-5-16)10-20-15(21)9-23-14-8-12(17)2-3-13(14)18;/h2-3,8,19H,4-7,9-11H2,1H3,(H,20,21);1H. The second-order valence-electron chi connectivity index (χ2n) is 5.82. The molecule has 1 aliphatic rings. The predicted molar refractivity (Wildman–Crippen MR) is 98.6 cm³/mol. The van der Waals surface area contributed by atoms with Gasteiger partial charge in [-0.3, -0.25) is 4.79 Å². The molecular weight excluding hydrogens is 375 g/mol. The Morgan fingerprint density at radius 3 is 2.71 bits per heavy atom. The van der Waals surface area contributed by atoms with Crippen molar-refractivity contribution >= 4 is 41.5 Å². The number of hydrogen-bond acceptors (Lipinski definition) is 4. The zero-order valence-electron chi connectivity index (χ0n) is 13.6. The van der Waals surface area contributed by atoms with E-state index in [9.17, 15) is 4.79 Å². The van der Waals surface area contributed by atoms with Crippen LogP contribution in [0.25, 0.3) is 0 Å². The van der Waals surface area contributed by atoms with E-state index in [0.717, 1.165) is 25.9 Å². The second-order valence-corrected chi connectivity index (χ2v) is 6.67. The van der Waals surface area contributed by atoms with Crippen LogP contribution in [0.4, 0.5) is 0 Å². The molecule has 136 valence electrons. The third kappa shape index (κ3) is 6.30. The van der Waals surface area contributed by atoms with Crippen LogP contribution in [0.15, 0.2) is 18.2 Å². The number of piperidine rings is 1. The molecule has 0 bridgehead atoms. The summed E-state index contributed by atoms with van der Waals surface area (Å²) in [7, 11) is 1.69. The zero-order chi connectivity index (χ0) is 16.7. The van der Waals surface area contributed by atoms with E-state index in [2.05, 4.69) is 10.6 Å². The number of amides is 1. The summed E-state index contributed by atoms with van der Waals surface area (Å²) >= 11 is 11.9. The lowest BCUT2D eigenvalue weighted by atomic mass is 9.79. The highest BCUT2D eigenvalue weighted by Gasteiger charge is 2.32. The fourth-order valence-corrected chi connectivity index (χ4v) is 3.04. The minimum absolute atomic E-state index is 0. The molecule has 0 saturated carbocycles. The van der Waals surface area contributed by atoms with E-state index in [0.29, 0.717) is 28.9 Å². The van der Waals surface area contributed by atoms with Crippen LogP contribution in [0, 0.1) is 5.41 Å². The first kappa shape index (κ1) is 21.3. The van der Waals surface area contributed by atoms with Crippen LogP contribution >= 0.6 is 35.6 Å². The lowest BCUT2D eigenvalue weighted by Gasteiger charge is -2.37. The van der Waals surface area contributed by atoms with Gasteiger partial charge in [0, 0.05) is 30.2 Å². The summed E-state index contributed by atoms with van der Waals surface area (Å²) in [5.74, 6) is 0.220. The van der Waals surface area contributed by atoms with Gasteiger partial charge >= 0.3 is 0 Å². The van der Waals surface area contributed by atoms with Gasteiger partial charge in [0.05, 0.1) is 11.6 Å². The topological polar surface area (TPSA) is 59.6 Å². The van der Waals surface area contributed by atoms with Gasteiger partial charge in [-0.25, -0.2) is 0 Å². The summed E-state index contributed by atoms with van der Waals surface area (Å²) in [5, 5.41) is 7.20. The molecule has 1 aromatic carbocycles. The fraction of sp³-hybridized carbons (Fsp3) is 0.562. The van der Waals surface area contributed by atoms with Crippen molar-refractivity contribution in [2.45, 2.75) is 12.8 Å². The lowest BCUT2D eigenvalue weighted by molar-refractivity contribution is -0.124. The van der Waals surface area contributed by atoms with Crippen molar-refractivity contribution in [1.29, 1.82) is 0 Å². The number of benzene rings is 1. The van der Waals surface area contributed by atoms with Crippen molar-refractivity contribution in [2.24, 2.45) is 5.41 Å². The van der Waals surface area contributed by atoms with E-state index in [-0.39, 0.29) is 30.3 Å². The largest absolute Gasteiger partial charge is 0.482 e. The lowest BCUT2D eigenvalue weighted by Crippen LogP contribution is -2.47. The molecule has 5 nitrogen and oxygen atoms in total. The maximum absolute atomic E-state index is 12.0. The summed E-state index contributed by atoms with van der Waals surface area (Å²) in [5.41, 5.74) is -0.0106. The molecule has 0 unspecified atom stereocenters. The van der Waals surface area contributed by atoms with Crippen LogP contribution in [0.5, 0.6) is 5.75 Å². The first-order valence-corrected chi connectivity index (χ1v) is 8.34. The van der Waals surface area contributed by atoms with Crippen molar-refractivity contribution in [3.05, 3.63) is 28.2 Å². The van der Waals surface area contributed by atoms with Crippen LogP contribution in [-0.2, 0) is 9.53 Å². The normalized spacial score (nSPS) is 16.1. The van der Waals surface area contributed by atoms with Crippen molar-refractivity contribution in [1.82, 2.24) is 10.6 Å². The fourth-order valence-electron chi connectivity index (χ4n) is 2.70. The first-order chi connectivity index (χ1) is 11.0. The molecule has 0 atom stereocenters. The number of nitrogens with one attached hydrogen (secondary N) is 2. The number of rotatable bonds is 7. The molecule has 0 spiro atoms. The number of halogens is 3. The van der Waals surface area contributed by atoms with Gasteiger partial charge in [0.25, 0.3) is 5.91 Å². The predicted octanol–water partition coefficient (Wildman–Crippen LogP) is 2.93. The van der Waals surface area contributed by atoms with Crippen LogP contribution in [-0.4, -0.2) is 45.9 Å². The first-order valence-electron chi connectivity index (χ1n) is 7.59. The Morgan fingerprint density at radius 1 is 1.33 bits per heavy atom. The summed E-state index contributed by atoms with van der Waals surface area (Å²) in [4.78, 5) is 12.0. The van der Waals surface area contributed by atoms with Gasteiger partial charge < -0.3 is 20.1 Å².